The molecule has 0 radical (unpaired) electrons. The van der Waals surface area contributed by atoms with Crippen LogP contribution in [0, 0.1) is 0 Å². The van der Waals surface area contributed by atoms with Gasteiger partial charge in [0.2, 0.25) is 11.8 Å². The van der Waals surface area contributed by atoms with Crippen LogP contribution in [-0.4, -0.2) is 43.8 Å². The standard InChI is InChI=1S/C28H30BrCl2N3O4S/c1-4-19(2)32-28(36)20(3)33(17-21-13-14-25(30)26(31)15-21)27(35)18-34(23-10-8-9-22(29)16-23)39(37,38)24-11-6-5-7-12-24/h5-16,19-20H,4,17-18H2,1-3H3,(H,32,36)/t19-,20+/m1/s1. The van der Waals surface area contributed by atoms with E-state index in [0.717, 1.165) is 4.31 Å². The van der Waals surface area contributed by atoms with E-state index in [1.54, 1.807) is 67.6 Å². The number of sulfonamides is 1. The number of carbonyl (C=O) groups is 2. The number of benzene rings is 3. The molecule has 3 aromatic carbocycles. The fraction of sp³-hybridized carbons (Fsp3) is 0.286. The van der Waals surface area contributed by atoms with E-state index in [-0.39, 0.29) is 23.4 Å². The predicted molar refractivity (Wildman–Crippen MR) is 159 cm³/mol. The molecule has 3 aromatic rings. The Morgan fingerprint density at radius 3 is 2.26 bits per heavy atom. The maximum atomic E-state index is 13.9. The van der Waals surface area contributed by atoms with Crippen molar-refractivity contribution in [1.82, 2.24) is 10.2 Å². The summed E-state index contributed by atoms with van der Waals surface area (Å²) in [6.07, 6.45) is 0.713. The molecule has 208 valence electrons. The highest BCUT2D eigenvalue weighted by Gasteiger charge is 2.32. The lowest BCUT2D eigenvalue weighted by Gasteiger charge is -2.32. The number of halogens is 3. The average Bonchev–Trinajstić information content (AvgIpc) is 2.92. The van der Waals surface area contributed by atoms with Crippen molar-refractivity contribution >= 4 is 66.7 Å². The Bertz CT molecular complexity index is 1420. The minimum absolute atomic E-state index is 0.0164. The van der Waals surface area contributed by atoms with Crippen molar-refractivity contribution in [3.8, 4) is 0 Å². The topological polar surface area (TPSA) is 86.8 Å². The maximum absolute atomic E-state index is 13.9. The van der Waals surface area contributed by atoms with Gasteiger partial charge in [0.05, 0.1) is 20.6 Å². The third-order valence-electron chi connectivity index (χ3n) is 6.21. The van der Waals surface area contributed by atoms with Gasteiger partial charge in [-0.05, 0) is 68.3 Å². The molecular weight excluding hydrogens is 625 g/mol. The monoisotopic (exact) mass is 653 g/mol. The van der Waals surface area contributed by atoms with E-state index in [0.29, 0.717) is 32.2 Å². The summed E-state index contributed by atoms with van der Waals surface area (Å²) in [5.41, 5.74) is 0.939. The van der Waals surface area contributed by atoms with E-state index in [2.05, 4.69) is 21.2 Å². The molecule has 39 heavy (non-hydrogen) atoms. The van der Waals surface area contributed by atoms with Crippen molar-refractivity contribution in [2.45, 2.75) is 50.7 Å². The molecule has 0 saturated heterocycles. The van der Waals surface area contributed by atoms with Crippen LogP contribution in [-0.2, 0) is 26.2 Å². The zero-order valence-corrected chi connectivity index (χ0v) is 25.7. The summed E-state index contributed by atoms with van der Waals surface area (Å²) in [6.45, 7) is 4.91. The third-order valence-corrected chi connectivity index (χ3v) is 9.23. The number of hydrogen-bond donors (Lipinski definition) is 1. The van der Waals surface area contributed by atoms with Crippen LogP contribution in [0.3, 0.4) is 0 Å². The zero-order valence-electron chi connectivity index (χ0n) is 21.8. The van der Waals surface area contributed by atoms with Gasteiger partial charge >= 0.3 is 0 Å². The Balaban J connectivity index is 2.03. The van der Waals surface area contributed by atoms with Crippen molar-refractivity contribution in [3.63, 3.8) is 0 Å². The minimum atomic E-state index is -4.13. The summed E-state index contributed by atoms with van der Waals surface area (Å²) in [7, 11) is -4.13. The lowest BCUT2D eigenvalue weighted by Crippen LogP contribution is -2.52. The first-order valence-electron chi connectivity index (χ1n) is 12.3. The van der Waals surface area contributed by atoms with E-state index >= 15 is 0 Å². The molecular formula is C28H30BrCl2N3O4S. The Labute approximate surface area is 248 Å². The summed E-state index contributed by atoms with van der Waals surface area (Å²) < 4.78 is 29.2. The second-order valence-corrected chi connectivity index (χ2v) is 12.7. The highest BCUT2D eigenvalue weighted by atomic mass is 79.9. The molecule has 0 aliphatic carbocycles. The summed E-state index contributed by atoms with van der Waals surface area (Å²) in [5, 5.41) is 3.56. The molecule has 0 aromatic heterocycles. The predicted octanol–water partition coefficient (Wildman–Crippen LogP) is 6.28. The van der Waals surface area contributed by atoms with Crippen LogP contribution < -0.4 is 9.62 Å². The van der Waals surface area contributed by atoms with Gasteiger partial charge < -0.3 is 10.2 Å². The van der Waals surface area contributed by atoms with Crippen LogP contribution in [0.5, 0.6) is 0 Å². The number of hydrogen-bond acceptors (Lipinski definition) is 4. The lowest BCUT2D eigenvalue weighted by molar-refractivity contribution is -0.139. The lowest BCUT2D eigenvalue weighted by atomic mass is 10.1. The SMILES string of the molecule is CC[C@@H](C)NC(=O)[C@H](C)N(Cc1ccc(Cl)c(Cl)c1)C(=O)CN(c1cccc(Br)c1)S(=O)(=O)c1ccccc1. The van der Waals surface area contributed by atoms with Gasteiger partial charge in [0.25, 0.3) is 10.0 Å². The number of amides is 2. The van der Waals surface area contributed by atoms with E-state index in [4.69, 9.17) is 23.2 Å². The van der Waals surface area contributed by atoms with Gasteiger partial charge in [-0.3, -0.25) is 13.9 Å². The first-order chi connectivity index (χ1) is 18.4. The number of nitrogens with one attached hydrogen (secondary N) is 1. The summed E-state index contributed by atoms with van der Waals surface area (Å²) >= 11 is 15.7. The summed E-state index contributed by atoms with van der Waals surface area (Å²) in [4.78, 5) is 28.4. The van der Waals surface area contributed by atoms with Gasteiger partial charge in [0.1, 0.15) is 12.6 Å². The van der Waals surface area contributed by atoms with Gasteiger partial charge in [0, 0.05) is 17.1 Å². The fourth-order valence-corrected chi connectivity index (χ4v) is 5.90. The van der Waals surface area contributed by atoms with Gasteiger partial charge in [0.15, 0.2) is 0 Å². The molecule has 0 aliphatic heterocycles. The van der Waals surface area contributed by atoms with E-state index in [1.165, 1.54) is 17.0 Å². The van der Waals surface area contributed by atoms with Gasteiger partial charge in [-0.1, -0.05) is 76.4 Å². The van der Waals surface area contributed by atoms with Crippen LogP contribution in [0.1, 0.15) is 32.8 Å². The van der Waals surface area contributed by atoms with Crippen molar-refractivity contribution in [2.75, 3.05) is 10.8 Å². The van der Waals surface area contributed by atoms with Gasteiger partial charge in [-0.2, -0.15) is 0 Å². The Morgan fingerprint density at radius 2 is 1.64 bits per heavy atom. The number of carbonyl (C=O) groups excluding carboxylic acids is 2. The molecule has 0 heterocycles. The number of rotatable bonds is 11. The zero-order chi connectivity index (χ0) is 28.7. The molecule has 1 N–H and O–H groups in total. The second-order valence-electron chi connectivity index (χ2n) is 9.07. The van der Waals surface area contributed by atoms with Gasteiger partial charge in [-0.15, -0.1) is 0 Å². The van der Waals surface area contributed by atoms with Crippen LogP contribution in [0.4, 0.5) is 5.69 Å². The molecule has 2 atom stereocenters. The Kier molecular flexibility index (Phi) is 10.8. The summed E-state index contributed by atoms with van der Waals surface area (Å²) in [5.74, 6) is -0.912. The smallest absolute Gasteiger partial charge is 0.264 e. The second kappa shape index (κ2) is 13.7. The van der Waals surface area contributed by atoms with E-state index in [9.17, 15) is 18.0 Å². The largest absolute Gasteiger partial charge is 0.352 e. The Hall–Kier alpha value is -2.59. The maximum Gasteiger partial charge on any atom is 0.264 e. The molecule has 11 heteroatoms. The fourth-order valence-electron chi connectivity index (χ4n) is 3.76. The van der Waals surface area contributed by atoms with Crippen LogP contribution in [0.15, 0.2) is 82.2 Å². The first-order valence-corrected chi connectivity index (χ1v) is 15.3. The van der Waals surface area contributed by atoms with Gasteiger partial charge in [-0.25, -0.2) is 8.42 Å². The quantitative estimate of drug-likeness (QED) is 0.264. The molecule has 3 rings (SSSR count). The molecule has 0 bridgehead atoms. The third kappa shape index (κ3) is 7.97. The van der Waals surface area contributed by atoms with Crippen molar-refractivity contribution < 1.29 is 18.0 Å². The molecule has 0 aliphatic rings. The minimum Gasteiger partial charge on any atom is -0.352 e. The molecule has 7 nitrogen and oxygen atoms in total. The molecule has 2 amide bonds. The van der Waals surface area contributed by atoms with Crippen LogP contribution in [0.2, 0.25) is 10.0 Å². The molecule has 0 saturated carbocycles. The van der Waals surface area contributed by atoms with Crippen molar-refractivity contribution in [2.24, 2.45) is 0 Å². The number of nitrogens with zero attached hydrogens (tertiary/aromatic N) is 2. The highest BCUT2D eigenvalue weighted by molar-refractivity contribution is 9.10. The average molecular weight is 655 g/mol. The Morgan fingerprint density at radius 1 is 0.949 bits per heavy atom. The molecule has 0 fully saturated rings. The molecule has 0 spiro atoms. The normalized spacial score (nSPS) is 12.9. The van der Waals surface area contributed by atoms with E-state index < -0.39 is 28.5 Å². The van der Waals surface area contributed by atoms with Crippen LogP contribution >= 0.6 is 39.1 Å². The van der Waals surface area contributed by atoms with Crippen molar-refractivity contribution in [3.05, 3.63) is 92.9 Å². The number of anilines is 1. The highest BCUT2D eigenvalue weighted by Crippen LogP contribution is 2.28. The summed E-state index contributed by atoms with van der Waals surface area (Å²) in [6, 6.07) is 18.5. The van der Waals surface area contributed by atoms with E-state index in [1.807, 2.05) is 13.8 Å². The van der Waals surface area contributed by atoms with Crippen molar-refractivity contribution in [1.29, 1.82) is 0 Å². The first kappa shape index (κ1) is 30.9. The molecule has 0 unspecified atom stereocenters. The van der Waals surface area contributed by atoms with Crippen LogP contribution in [0.25, 0.3) is 0 Å².